The van der Waals surface area contributed by atoms with Gasteiger partial charge in [0, 0.05) is 6.42 Å². The van der Waals surface area contributed by atoms with Crippen LogP contribution in [0.25, 0.3) is 5.57 Å². The second kappa shape index (κ2) is 4.59. The molecule has 2 heteroatoms. The summed E-state index contributed by atoms with van der Waals surface area (Å²) in [6.07, 6.45) is 5.93. The molecule has 0 saturated heterocycles. The minimum absolute atomic E-state index is 0.0339. The molecule has 1 aromatic carbocycles. The molecule has 0 fully saturated rings. The van der Waals surface area contributed by atoms with Crippen molar-refractivity contribution in [3.63, 3.8) is 0 Å². The van der Waals surface area contributed by atoms with Gasteiger partial charge in [0.1, 0.15) is 11.5 Å². The number of carbonyl (C=O) groups excluding carboxylic acids is 1. The summed E-state index contributed by atoms with van der Waals surface area (Å²) in [5.41, 5.74) is 6.55. The number of carbonyl (C=O) groups is 1. The molecule has 1 atom stereocenters. The van der Waals surface area contributed by atoms with E-state index >= 15 is 0 Å². The number of allylic oxidation sites excluding steroid dienone is 4. The summed E-state index contributed by atoms with van der Waals surface area (Å²) in [7, 11) is 1.71. The number of ketones is 1. The van der Waals surface area contributed by atoms with E-state index in [1.54, 1.807) is 7.11 Å². The van der Waals surface area contributed by atoms with Crippen molar-refractivity contribution in [2.75, 3.05) is 7.11 Å². The van der Waals surface area contributed by atoms with Crippen molar-refractivity contribution in [3.05, 3.63) is 46.5 Å². The second-order valence-corrected chi connectivity index (χ2v) is 8.14. The third-order valence-electron chi connectivity index (χ3n) is 5.93. The van der Waals surface area contributed by atoms with Crippen LogP contribution < -0.4 is 4.74 Å². The molecule has 0 unspecified atom stereocenters. The normalized spacial score (nSPS) is 28.0. The van der Waals surface area contributed by atoms with Crippen LogP contribution in [0.15, 0.2) is 35.4 Å². The molecule has 0 aromatic heterocycles. The van der Waals surface area contributed by atoms with E-state index in [-0.39, 0.29) is 10.8 Å². The van der Waals surface area contributed by atoms with Gasteiger partial charge in [-0.15, -0.1) is 0 Å². The number of Topliss-reactive ketones (excluding diaryl/α,β-unsaturated/α-hetero) is 1. The molecular weight excluding hydrogens is 284 g/mol. The summed E-state index contributed by atoms with van der Waals surface area (Å²) < 4.78 is 5.38. The smallest absolute Gasteiger partial charge is 0.143 e. The van der Waals surface area contributed by atoms with Gasteiger partial charge in [0.25, 0.3) is 0 Å². The van der Waals surface area contributed by atoms with E-state index in [1.807, 2.05) is 6.07 Å². The van der Waals surface area contributed by atoms with Crippen LogP contribution in [0.3, 0.4) is 0 Å². The molecule has 3 aliphatic rings. The Kier molecular flexibility index (Phi) is 2.94. The molecule has 23 heavy (non-hydrogen) atoms. The van der Waals surface area contributed by atoms with Crippen LogP contribution in [0, 0.1) is 10.8 Å². The van der Waals surface area contributed by atoms with Gasteiger partial charge >= 0.3 is 0 Å². The molecule has 4 rings (SSSR count). The van der Waals surface area contributed by atoms with Crippen LogP contribution in [0.4, 0.5) is 0 Å². The number of rotatable bonds is 1. The lowest BCUT2D eigenvalue weighted by Crippen LogP contribution is -2.40. The van der Waals surface area contributed by atoms with Crippen molar-refractivity contribution in [3.8, 4) is 5.75 Å². The fourth-order valence-electron chi connectivity index (χ4n) is 4.57. The minimum atomic E-state index is -0.277. The monoisotopic (exact) mass is 308 g/mol. The van der Waals surface area contributed by atoms with Gasteiger partial charge in [-0.3, -0.25) is 4.79 Å². The second-order valence-electron chi connectivity index (χ2n) is 8.14. The molecule has 0 amide bonds. The van der Waals surface area contributed by atoms with Crippen molar-refractivity contribution in [1.82, 2.24) is 0 Å². The zero-order valence-corrected chi connectivity index (χ0v) is 14.5. The number of ether oxygens (including phenoxy) is 1. The average molecular weight is 308 g/mol. The SMILES string of the molecule is COc1ccc2c(c1)CC1=C2CC[C@@]2(C)C(=O)CC(C)(C)C=C12. The molecule has 120 valence electrons. The van der Waals surface area contributed by atoms with Gasteiger partial charge < -0.3 is 4.74 Å². The van der Waals surface area contributed by atoms with Gasteiger partial charge in [-0.1, -0.05) is 26.0 Å². The molecule has 0 spiro atoms. The Hall–Kier alpha value is -1.83. The maximum atomic E-state index is 12.8. The van der Waals surface area contributed by atoms with E-state index in [2.05, 4.69) is 39.0 Å². The summed E-state index contributed by atoms with van der Waals surface area (Å²) in [5.74, 6) is 1.33. The van der Waals surface area contributed by atoms with E-state index in [0.29, 0.717) is 12.2 Å². The molecule has 0 radical (unpaired) electrons. The van der Waals surface area contributed by atoms with E-state index in [1.165, 1.54) is 27.8 Å². The first-order valence-electron chi connectivity index (χ1n) is 8.50. The highest BCUT2D eigenvalue weighted by Crippen LogP contribution is 2.56. The fourth-order valence-corrected chi connectivity index (χ4v) is 4.57. The summed E-state index contributed by atoms with van der Waals surface area (Å²) in [6.45, 7) is 6.51. The average Bonchev–Trinajstić information content (AvgIpc) is 2.86. The van der Waals surface area contributed by atoms with Crippen LogP contribution in [0.5, 0.6) is 5.75 Å². The third kappa shape index (κ3) is 2.04. The quantitative estimate of drug-likeness (QED) is 0.749. The molecule has 2 nitrogen and oxygen atoms in total. The third-order valence-corrected chi connectivity index (χ3v) is 5.93. The van der Waals surface area contributed by atoms with Crippen LogP contribution in [0.2, 0.25) is 0 Å². The lowest BCUT2D eigenvalue weighted by Gasteiger charge is -2.43. The van der Waals surface area contributed by atoms with E-state index in [4.69, 9.17) is 4.74 Å². The van der Waals surface area contributed by atoms with Crippen LogP contribution in [0.1, 0.15) is 51.2 Å². The highest BCUT2D eigenvalue weighted by Gasteiger charge is 2.48. The molecule has 1 aromatic rings. The summed E-state index contributed by atoms with van der Waals surface area (Å²) in [5, 5.41) is 0. The van der Waals surface area contributed by atoms with Crippen molar-refractivity contribution in [2.24, 2.45) is 10.8 Å². The minimum Gasteiger partial charge on any atom is -0.497 e. The highest BCUT2D eigenvalue weighted by molar-refractivity contribution is 5.95. The Labute approximate surface area is 138 Å². The fraction of sp³-hybridized carbons (Fsp3) is 0.476. The van der Waals surface area contributed by atoms with Crippen LogP contribution >= 0.6 is 0 Å². The first-order valence-corrected chi connectivity index (χ1v) is 8.50. The van der Waals surface area contributed by atoms with E-state index < -0.39 is 0 Å². The molecule has 0 saturated carbocycles. The number of methoxy groups -OCH3 is 1. The van der Waals surface area contributed by atoms with E-state index in [0.717, 1.165) is 25.0 Å². The first-order chi connectivity index (χ1) is 10.8. The van der Waals surface area contributed by atoms with Gasteiger partial charge in [0.05, 0.1) is 12.5 Å². The van der Waals surface area contributed by atoms with Crippen molar-refractivity contribution >= 4 is 11.4 Å². The standard InChI is InChI=1S/C21H24O2/c1-20(2)11-18-17-10-13-9-14(23-4)5-6-15(13)16(17)7-8-21(18,3)19(22)12-20/h5-6,9,11H,7-8,10,12H2,1-4H3/t21-/m1/s1. The predicted molar refractivity (Wildman–Crippen MR) is 92.4 cm³/mol. The lowest BCUT2D eigenvalue weighted by molar-refractivity contribution is -0.128. The van der Waals surface area contributed by atoms with Crippen molar-refractivity contribution in [2.45, 2.75) is 46.5 Å². The zero-order chi connectivity index (χ0) is 16.4. The highest BCUT2D eigenvalue weighted by atomic mass is 16.5. The largest absolute Gasteiger partial charge is 0.497 e. The van der Waals surface area contributed by atoms with Crippen LogP contribution in [-0.4, -0.2) is 12.9 Å². The summed E-state index contributed by atoms with van der Waals surface area (Å²) >= 11 is 0. The van der Waals surface area contributed by atoms with Gasteiger partial charge in [0.15, 0.2) is 0 Å². The Morgan fingerprint density at radius 2 is 1.91 bits per heavy atom. The van der Waals surface area contributed by atoms with Gasteiger partial charge in [0.2, 0.25) is 0 Å². The predicted octanol–water partition coefficient (Wildman–Crippen LogP) is 4.73. The van der Waals surface area contributed by atoms with Gasteiger partial charge in [-0.2, -0.15) is 0 Å². The Morgan fingerprint density at radius 1 is 1.13 bits per heavy atom. The maximum Gasteiger partial charge on any atom is 0.143 e. The lowest BCUT2D eigenvalue weighted by atomic mass is 9.59. The van der Waals surface area contributed by atoms with Gasteiger partial charge in [-0.05, 0) is 71.6 Å². The summed E-state index contributed by atoms with van der Waals surface area (Å²) in [4.78, 5) is 12.8. The Morgan fingerprint density at radius 3 is 2.65 bits per heavy atom. The number of hydrogen-bond donors (Lipinski definition) is 0. The Bertz CT molecular complexity index is 779. The molecule has 0 bridgehead atoms. The molecule has 0 N–H and O–H groups in total. The number of hydrogen-bond acceptors (Lipinski definition) is 2. The van der Waals surface area contributed by atoms with Crippen molar-refractivity contribution in [1.29, 1.82) is 0 Å². The molecular formula is C21H24O2. The Balaban J connectivity index is 1.86. The number of benzene rings is 1. The molecule has 0 heterocycles. The topological polar surface area (TPSA) is 26.3 Å². The summed E-state index contributed by atoms with van der Waals surface area (Å²) in [6, 6.07) is 6.39. The molecule has 3 aliphatic carbocycles. The van der Waals surface area contributed by atoms with Crippen LogP contribution in [-0.2, 0) is 11.2 Å². The van der Waals surface area contributed by atoms with E-state index in [9.17, 15) is 4.79 Å². The molecule has 0 aliphatic heterocycles. The zero-order valence-electron chi connectivity index (χ0n) is 14.5. The maximum absolute atomic E-state index is 12.8. The number of fused-ring (bicyclic) bond motifs is 4. The van der Waals surface area contributed by atoms with Crippen molar-refractivity contribution < 1.29 is 9.53 Å². The van der Waals surface area contributed by atoms with Gasteiger partial charge in [-0.25, -0.2) is 0 Å². The first kappa shape index (κ1) is 14.7.